The Morgan fingerprint density at radius 2 is 2.00 bits per heavy atom. The zero-order valence-corrected chi connectivity index (χ0v) is 9.31. The van der Waals surface area contributed by atoms with Gasteiger partial charge in [-0.15, -0.1) is 0 Å². The molecule has 1 saturated heterocycles. The predicted octanol–water partition coefficient (Wildman–Crippen LogP) is 1.61. The van der Waals surface area contributed by atoms with E-state index in [2.05, 4.69) is 5.32 Å². The first-order chi connectivity index (χ1) is 8.09. The van der Waals surface area contributed by atoms with Crippen molar-refractivity contribution < 1.29 is 20.1 Å². The molecule has 0 bridgehead atoms. The molecule has 1 aromatic rings. The number of nitrogens with one attached hydrogen (secondary N) is 1. The molecule has 0 aromatic heterocycles. The minimum absolute atomic E-state index is 0.0394. The smallest absolute Gasteiger partial charge is 0.339 e. The summed E-state index contributed by atoms with van der Waals surface area (Å²) >= 11 is 0. The number of hydrogen-bond donors (Lipinski definition) is 4. The average Bonchev–Trinajstić information content (AvgIpc) is 2.29. The summed E-state index contributed by atoms with van der Waals surface area (Å²) < 4.78 is 0. The van der Waals surface area contributed by atoms with Crippen LogP contribution in [0.5, 0.6) is 11.5 Å². The Bertz CT molecular complexity index is 438. The molecule has 5 heteroatoms. The molecule has 0 aliphatic carbocycles. The van der Waals surface area contributed by atoms with Gasteiger partial charge < -0.3 is 20.6 Å². The highest BCUT2D eigenvalue weighted by Gasteiger charge is 2.21. The number of phenols is 2. The van der Waals surface area contributed by atoms with E-state index in [-0.39, 0.29) is 17.4 Å². The Labute approximate surface area is 98.7 Å². The third-order valence-electron chi connectivity index (χ3n) is 3.06. The van der Waals surface area contributed by atoms with Crippen LogP contribution in [0.2, 0.25) is 0 Å². The standard InChI is InChI=1S/C12H15NO4/c14-10-6-11(15)8(12(16)17)5-7(10)9-3-1-2-4-13-9/h5-6,9,13-15H,1-4H2,(H,16,17). The van der Waals surface area contributed by atoms with Crippen molar-refractivity contribution in [2.75, 3.05) is 6.54 Å². The third kappa shape index (κ3) is 2.34. The van der Waals surface area contributed by atoms with Crippen LogP contribution in [0.25, 0.3) is 0 Å². The molecule has 0 spiro atoms. The van der Waals surface area contributed by atoms with Crippen LogP contribution in [0.3, 0.4) is 0 Å². The lowest BCUT2D eigenvalue weighted by atomic mass is 9.95. The van der Waals surface area contributed by atoms with Crippen LogP contribution in [0, 0.1) is 0 Å². The number of phenolic OH excluding ortho intramolecular Hbond substituents is 1. The molecule has 1 atom stereocenters. The summed E-state index contributed by atoms with van der Waals surface area (Å²) in [7, 11) is 0. The van der Waals surface area contributed by atoms with Crippen LogP contribution >= 0.6 is 0 Å². The Balaban J connectivity index is 2.38. The topological polar surface area (TPSA) is 89.8 Å². The number of carboxylic acids is 1. The van der Waals surface area contributed by atoms with Gasteiger partial charge in [0.15, 0.2) is 0 Å². The minimum atomic E-state index is -1.19. The van der Waals surface area contributed by atoms with Gasteiger partial charge in [-0.1, -0.05) is 6.42 Å². The molecular weight excluding hydrogens is 222 g/mol. The number of rotatable bonds is 2. The molecule has 1 unspecified atom stereocenters. The normalized spacial score (nSPS) is 20.1. The molecule has 0 saturated carbocycles. The number of carbonyl (C=O) groups is 1. The van der Waals surface area contributed by atoms with Gasteiger partial charge in [0.05, 0.1) is 0 Å². The maximum Gasteiger partial charge on any atom is 0.339 e. The second-order valence-electron chi connectivity index (χ2n) is 4.24. The van der Waals surface area contributed by atoms with Crippen LogP contribution in [0.1, 0.15) is 41.2 Å². The van der Waals surface area contributed by atoms with Crippen molar-refractivity contribution in [2.24, 2.45) is 0 Å². The first-order valence-corrected chi connectivity index (χ1v) is 5.62. The van der Waals surface area contributed by atoms with Crippen LogP contribution in [-0.4, -0.2) is 27.8 Å². The van der Waals surface area contributed by atoms with Crippen molar-refractivity contribution in [1.29, 1.82) is 0 Å². The second-order valence-corrected chi connectivity index (χ2v) is 4.24. The van der Waals surface area contributed by atoms with Gasteiger partial charge in [-0.05, 0) is 25.5 Å². The quantitative estimate of drug-likeness (QED) is 0.627. The van der Waals surface area contributed by atoms with Gasteiger partial charge in [0.1, 0.15) is 17.1 Å². The fourth-order valence-corrected chi connectivity index (χ4v) is 2.16. The number of aromatic hydroxyl groups is 2. The molecule has 0 amide bonds. The van der Waals surface area contributed by atoms with Crippen molar-refractivity contribution >= 4 is 5.97 Å². The largest absolute Gasteiger partial charge is 0.507 e. The molecule has 4 N–H and O–H groups in total. The number of hydrogen-bond acceptors (Lipinski definition) is 4. The summed E-state index contributed by atoms with van der Waals surface area (Å²) in [5.41, 5.74) is 0.366. The van der Waals surface area contributed by atoms with Gasteiger partial charge >= 0.3 is 5.97 Å². The highest BCUT2D eigenvalue weighted by molar-refractivity contribution is 5.91. The Morgan fingerprint density at radius 3 is 2.59 bits per heavy atom. The van der Waals surface area contributed by atoms with Crippen LogP contribution < -0.4 is 5.32 Å². The lowest BCUT2D eigenvalue weighted by molar-refractivity contribution is 0.0693. The molecule has 1 fully saturated rings. The minimum Gasteiger partial charge on any atom is -0.507 e. The van der Waals surface area contributed by atoms with Gasteiger partial charge in [-0.3, -0.25) is 0 Å². The van der Waals surface area contributed by atoms with E-state index in [1.165, 1.54) is 6.07 Å². The van der Waals surface area contributed by atoms with Crippen LogP contribution in [0.15, 0.2) is 12.1 Å². The molecule has 17 heavy (non-hydrogen) atoms. The zero-order valence-electron chi connectivity index (χ0n) is 9.31. The maximum atomic E-state index is 10.9. The van der Waals surface area contributed by atoms with E-state index in [0.717, 1.165) is 31.9 Å². The van der Waals surface area contributed by atoms with Gasteiger partial charge in [-0.25, -0.2) is 4.79 Å². The first-order valence-electron chi connectivity index (χ1n) is 5.62. The lowest BCUT2D eigenvalue weighted by Crippen LogP contribution is -2.27. The molecule has 1 aliphatic rings. The molecule has 1 heterocycles. The number of benzene rings is 1. The monoisotopic (exact) mass is 237 g/mol. The summed E-state index contributed by atoms with van der Waals surface area (Å²) in [6.45, 7) is 0.855. The third-order valence-corrected chi connectivity index (χ3v) is 3.06. The average molecular weight is 237 g/mol. The summed E-state index contributed by atoms with van der Waals surface area (Å²) in [5.74, 6) is -1.67. The van der Waals surface area contributed by atoms with Crippen molar-refractivity contribution in [3.8, 4) is 11.5 Å². The van der Waals surface area contributed by atoms with Crippen molar-refractivity contribution in [2.45, 2.75) is 25.3 Å². The molecule has 1 aliphatic heterocycles. The van der Waals surface area contributed by atoms with Crippen molar-refractivity contribution in [1.82, 2.24) is 5.32 Å². The van der Waals surface area contributed by atoms with E-state index in [4.69, 9.17) is 5.11 Å². The molecule has 92 valence electrons. The zero-order chi connectivity index (χ0) is 12.4. The fourth-order valence-electron chi connectivity index (χ4n) is 2.16. The SMILES string of the molecule is O=C(O)c1cc(C2CCCCN2)c(O)cc1O. The van der Waals surface area contributed by atoms with Crippen molar-refractivity contribution in [3.05, 3.63) is 23.3 Å². The van der Waals surface area contributed by atoms with E-state index in [0.29, 0.717) is 5.56 Å². The van der Waals surface area contributed by atoms with E-state index in [1.54, 1.807) is 0 Å². The number of aromatic carboxylic acids is 1. The van der Waals surface area contributed by atoms with E-state index >= 15 is 0 Å². The van der Waals surface area contributed by atoms with Crippen molar-refractivity contribution in [3.63, 3.8) is 0 Å². The lowest BCUT2D eigenvalue weighted by Gasteiger charge is -2.24. The molecule has 0 radical (unpaired) electrons. The molecule has 1 aromatic carbocycles. The highest BCUT2D eigenvalue weighted by atomic mass is 16.4. The van der Waals surface area contributed by atoms with Gasteiger partial charge in [0.25, 0.3) is 0 Å². The van der Waals surface area contributed by atoms with E-state index in [9.17, 15) is 15.0 Å². The number of carboxylic acid groups (broad SMARTS) is 1. The van der Waals surface area contributed by atoms with Crippen LogP contribution in [-0.2, 0) is 0 Å². The first kappa shape index (κ1) is 11.7. The molecular formula is C12H15NO4. The van der Waals surface area contributed by atoms with Gasteiger partial charge in [0.2, 0.25) is 0 Å². The highest BCUT2D eigenvalue weighted by Crippen LogP contribution is 2.34. The summed E-state index contributed by atoms with van der Waals surface area (Å²) in [6, 6.07) is 2.40. The maximum absolute atomic E-state index is 10.9. The Hall–Kier alpha value is -1.75. The molecule has 2 rings (SSSR count). The van der Waals surface area contributed by atoms with E-state index < -0.39 is 11.7 Å². The van der Waals surface area contributed by atoms with Gasteiger partial charge in [-0.2, -0.15) is 0 Å². The summed E-state index contributed by atoms with van der Waals surface area (Å²) in [4.78, 5) is 10.9. The Morgan fingerprint density at radius 1 is 1.24 bits per heavy atom. The van der Waals surface area contributed by atoms with Crippen LogP contribution in [0.4, 0.5) is 0 Å². The van der Waals surface area contributed by atoms with Gasteiger partial charge in [0, 0.05) is 17.7 Å². The summed E-state index contributed by atoms with van der Waals surface area (Å²) in [6.07, 6.45) is 2.99. The fraction of sp³-hybridized carbons (Fsp3) is 0.417. The molecule has 5 nitrogen and oxygen atoms in total. The summed E-state index contributed by atoms with van der Waals surface area (Å²) in [5, 5.41) is 31.3. The Kier molecular flexibility index (Phi) is 3.19. The number of piperidine rings is 1. The second kappa shape index (κ2) is 4.63. The predicted molar refractivity (Wildman–Crippen MR) is 61.3 cm³/mol. The van der Waals surface area contributed by atoms with E-state index in [1.807, 2.05) is 0 Å².